The molecule has 0 atom stereocenters. The van der Waals surface area contributed by atoms with Gasteiger partial charge < -0.3 is 10.1 Å². The highest BCUT2D eigenvalue weighted by Crippen LogP contribution is 2.18. The molecule has 128 valence electrons. The summed E-state index contributed by atoms with van der Waals surface area (Å²) in [6.07, 6.45) is 0. The highest BCUT2D eigenvalue weighted by atomic mass is 32.2. The number of nitrogens with one attached hydrogen (secondary N) is 1. The van der Waals surface area contributed by atoms with Crippen LogP contribution in [-0.2, 0) is 16.4 Å². The predicted molar refractivity (Wildman–Crippen MR) is 93.0 cm³/mol. The molecule has 24 heavy (non-hydrogen) atoms. The van der Waals surface area contributed by atoms with Gasteiger partial charge in [0.15, 0.2) is 9.84 Å². The quantitative estimate of drug-likeness (QED) is 0.836. The molecule has 0 unspecified atom stereocenters. The van der Waals surface area contributed by atoms with Crippen molar-refractivity contribution in [1.82, 2.24) is 5.32 Å². The van der Waals surface area contributed by atoms with E-state index in [1.165, 1.54) is 12.1 Å². The number of ether oxygens (including phenoxy) is 1. The molecule has 6 heteroatoms. The van der Waals surface area contributed by atoms with Crippen molar-refractivity contribution < 1.29 is 17.9 Å². The van der Waals surface area contributed by atoms with Crippen molar-refractivity contribution in [3.05, 3.63) is 59.7 Å². The summed E-state index contributed by atoms with van der Waals surface area (Å²) in [5.74, 6) is 0.274. The average Bonchev–Trinajstić information content (AvgIpc) is 2.60. The van der Waals surface area contributed by atoms with Crippen molar-refractivity contribution in [1.29, 1.82) is 0 Å². The van der Waals surface area contributed by atoms with Gasteiger partial charge >= 0.3 is 0 Å². The van der Waals surface area contributed by atoms with Gasteiger partial charge in [-0.2, -0.15) is 0 Å². The third-order valence-corrected chi connectivity index (χ3v) is 5.30. The molecule has 1 N–H and O–H groups in total. The van der Waals surface area contributed by atoms with E-state index in [-0.39, 0.29) is 16.2 Å². The Morgan fingerprint density at radius 1 is 1.08 bits per heavy atom. The Hall–Kier alpha value is -2.34. The molecule has 2 aromatic rings. The second kappa shape index (κ2) is 7.97. The van der Waals surface area contributed by atoms with Crippen LogP contribution in [0.1, 0.15) is 29.8 Å². The summed E-state index contributed by atoms with van der Waals surface area (Å²) < 4.78 is 29.7. The van der Waals surface area contributed by atoms with Gasteiger partial charge in [-0.25, -0.2) is 8.42 Å². The lowest BCUT2D eigenvalue weighted by atomic mass is 10.2. The number of carbonyl (C=O) groups is 1. The molecule has 5 nitrogen and oxygen atoms in total. The van der Waals surface area contributed by atoms with E-state index < -0.39 is 15.7 Å². The lowest BCUT2D eigenvalue weighted by molar-refractivity contribution is 0.0947. The monoisotopic (exact) mass is 347 g/mol. The first-order chi connectivity index (χ1) is 11.5. The van der Waals surface area contributed by atoms with Crippen molar-refractivity contribution in [2.75, 3.05) is 12.4 Å². The van der Waals surface area contributed by atoms with Gasteiger partial charge in [-0.05, 0) is 36.8 Å². The third kappa shape index (κ3) is 4.35. The number of hydrogen-bond acceptors (Lipinski definition) is 4. The molecular formula is C18H21NO4S. The molecule has 0 aromatic heterocycles. The minimum atomic E-state index is -3.45. The van der Waals surface area contributed by atoms with Crippen LogP contribution in [0.15, 0.2) is 53.4 Å². The summed E-state index contributed by atoms with van der Waals surface area (Å²) >= 11 is 0. The maximum Gasteiger partial charge on any atom is 0.252 e. The van der Waals surface area contributed by atoms with E-state index >= 15 is 0 Å². The molecule has 0 radical (unpaired) electrons. The lowest BCUT2D eigenvalue weighted by Crippen LogP contribution is -2.25. The number of hydrogen-bond donors (Lipinski definition) is 1. The Kier molecular flexibility index (Phi) is 5.98. The van der Waals surface area contributed by atoms with Gasteiger partial charge in [0.25, 0.3) is 5.91 Å². The van der Waals surface area contributed by atoms with Gasteiger partial charge in [0.2, 0.25) is 0 Å². The van der Waals surface area contributed by atoms with Crippen molar-refractivity contribution in [3.8, 4) is 5.75 Å². The zero-order valence-corrected chi connectivity index (χ0v) is 14.6. The summed E-state index contributed by atoms with van der Waals surface area (Å²) in [4.78, 5) is 12.5. The van der Waals surface area contributed by atoms with Crippen molar-refractivity contribution in [3.63, 3.8) is 0 Å². The largest absolute Gasteiger partial charge is 0.494 e. The van der Waals surface area contributed by atoms with Crippen molar-refractivity contribution >= 4 is 15.7 Å². The molecule has 0 aliphatic carbocycles. The van der Waals surface area contributed by atoms with E-state index in [0.717, 1.165) is 11.3 Å². The molecule has 2 aromatic carbocycles. The SMILES string of the molecule is CCOc1cccc(CNC(=O)c2ccccc2S(=O)(=O)CC)c1. The Morgan fingerprint density at radius 3 is 2.54 bits per heavy atom. The Morgan fingerprint density at radius 2 is 1.83 bits per heavy atom. The zero-order valence-electron chi connectivity index (χ0n) is 13.8. The highest BCUT2D eigenvalue weighted by molar-refractivity contribution is 7.91. The predicted octanol–water partition coefficient (Wildman–Crippen LogP) is 2.81. The van der Waals surface area contributed by atoms with Gasteiger partial charge in [-0.1, -0.05) is 31.2 Å². The van der Waals surface area contributed by atoms with E-state index in [4.69, 9.17) is 4.74 Å². The molecule has 0 saturated heterocycles. The molecule has 1 amide bonds. The fourth-order valence-electron chi connectivity index (χ4n) is 2.27. The number of benzene rings is 2. The molecule has 0 bridgehead atoms. The maximum atomic E-state index is 12.4. The topological polar surface area (TPSA) is 72.5 Å². The fourth-order valence-corrected chi connectivity index (χ4v) is 3.36. The first kappa shape index (κ1) is 18.0. The van der Waals surface area contributed by atoms with E-state index in [0.29, 0.717) is 13.2 Å². The molecule has 0 aliphatic rings. The van der Waals surface area contributed by atoms with Gasteiger partial charge in [-0.15, -0.1) is 0 Å². The number of rotatable bonds is 7. The van der Waals surface area contributed by atoms with E-state index in [1.807, 2.05) is 31.2 Å². The third-order valence-electron chi connectivity index (χ3n) is 3.51. The van der Waals surface area contributed by atoms with Gasteiger partial charge in [0.05, 0.1) is 22.8 Å². The van der Waals surface area contributed by atoms with Crippen LogP contribution >= 0.6 is 0 Å². The molecule has 0 saturated carbocycles. The smallest absolute Gasteiger partial charge is 0.252 e. The summed E-state index contributed by atoms with van der Waals surface area (Å²) in [5, 5.41) is 2.76. The molecule has 0 heterocycles. The van der Waals surface area contributed by atoms with Crippen LogP contribution in [0.5, 0.6) is 5.75 Å². The fraction of sp³-hybridized carbons (Fsp3) is 0.278. The number of carbonyl (C=O) groups excluding carboxylic acids is 1. The first-order valence-electron chi connectivity index (χ1n) is 7.79. The summed E-state index contributed by atoms with van der Waals surface area (Å²) in [6, 6.07) is 13.7. The molecule has 2 rings (SSSR count). The first-order valence-corrected chi connectivity index (χ1v) is 9.45. The molecule has 0 aliphatic heterocycles. The van der Waals surface area contributed by atoms with Crippen LogP contribution in [-0.4, -0.2) is 26.7 Å². The van der Waals surface area contributed by atoms with Crippen LogP contribution in [0.4, 0.5) is 0 Å². The van der Waals surface area contributed by atoms with Crippen LogP contribution in [0.2, 0.25) is 0 Å². The van der Waals surface area contributed by atoms with E-state index in [9.17, 15) is 13.2 Å². The second-order valence-corrected chi connectivity index (χ2v) is 7.41. The molecule has 0 spiro atoms. The van der Waals surface area contributed by atoms with Crippen LogP contribution in [0, 0.1) is 0 Å². The summed E-state index contributed by atoms with van der Waals surface area (Å²) in [6.45, 7) is 4.32. The van der Waals surface area contributed by atoms with Gasteiger partial charge in [0.1, 0.15) is 5.75 Å². The highest BCUT2D eigenvalue weighted by Gasteiger charge is 2.20. The van der Waals surface area contributed by atoms with Crippen molar-refractivity contribution in [2.45, 2.75) is 25.3 Å². The van der Waals surface area contributed by atoms with E-state index in [2.05, 4.69) is 5.32 Å². The Balaban J connectivity index is 2.15. The van der Waals surface area contributed by atoms with Crippen molar-refractivity contribution in [2.24, 2.45) is 0 Å². The van der Waals surface area contributed by atoms with Gasteiger partial charge in [-0.3, -0.25) is 4.79 Å². The van der Waals surface area contributed by atoms with E-state index in [1.54, 1.807) is 19.1 Å². The second-order valence-electron chi connectivity index (χ2n) is 5.16. The Bertz CT molecular complexity index is 815. The van der Waals surface area contributed by atoms with Gasteiger partial charge in [0, 0.05) is 6.54 Å². The Labute approximate surface area is 142 Å². The summed E-state index contributed by atoms with van der Waals surface area (Å²) in [7, 11) is -3.45. The molecule has 0 fully saturated rings. The summed E-state index contributed by atoms with van der Waals surface area (Å²) in [5.41, 5.74) is 1.05. The average molecular weight is 347 g/mol. The minimum Gasteiger partial charge on any atom is -0.494 e. The lowest BCUT2D eigenvalue weighted by Gasteiger charge is -2.11. The molecular weight excluding hydrogens is 326 g/mol. The number of amides is 1. The zero-order chi connectivity index (χ0) is 17.6. The number of sulfone groups is 1. The van der Waals surface area contributed by atoms with Crippen LogP contribution < -0.4 is 10.1 Å². The normalized spacial score (nSPS) is 11.1. The van der Waals surface area contributed by atoms with Crippen LogP contribution in [0.3, 0.4) is 0 Å². The van der Waals surface area contributed by atoms with Crippen LogP contribution in [0.25, 0.3) is 0 Å². The minimum absolute atomic E-state index is 0.0479. The maximum absolute atomic E-state index is 12.4. The standard InChI is InChI=1S/C18H21NO4S/c1-3-23-15-9-7-8-14(12-15)13-19-18(20)16-10-5-6-11-17(16)24(21,22)4-2/h5-12H,3-4,13H2,1-2H3,(H,19,20).